The topological polar surface area (TPSA) is 100 Å². The van der Waals surface area contributed by atoms with Crippen LogP contribution in [0.25, 0.3) is 16.5 Å². The van der Waals surface area contributed by atoms with Gasteiger partial charge in [0.1, 0.15) is 0 Å². The molecule has 2 N–H and O–H groups in total. The SMILES string of the molecule is O=C(Nc1ccc(N2N=CCN2)nc1)c1cnn(-c2cncc3ccccc23)c1C(F)(F)F. The van der Waals surface area contributed by atoms with Crippen LogP contribution in [-0.4, -0.2) is 38.4 Å². The van der Waals surface area contributed by atoms with Gasteiger partial charge in [-0.25, -0.2) is 15.1 Å². The number of nitrogens with zero attached hydrogens (tertiary/aromatic N) is 6. The second kappa shape index (κ2) is 7.98. The predicted octanol–water partition coefficient (Wildman–Crippen LogP) is 3.40. The zero-order valence-corrected chi connectivity index (χ0v) is 16.8. The number of hydrazine groups is 1. The highest BCUT2D eigenvalue weighted by Gasteiger charge is 2.41. The predicted molar refractivity (Wildman–Crippen MR) is 115 cm³/mol. The molecule has 3 aromatic heterocycles. The molecule has 0 atom stereocenters. The lowest BCUT2D eigenvalue weighted by Crippen LogP contribution is -2.29. The molecular formula is C21H15F3N8O. The molecule has 0 aliphatic carbocycles. The Kier molecular flexibility index (Phi) is 4.98. The third kappa shape index (κ3) is 3.87. The quantitative estimate of drug-likeness (QED) is 0.492. The second-order valence-corrected chi connectivity index (χ2v) is 7.03. The van der Waals surface area contributed by atoms with Gasteiger partial charge in [0.05, 0.1) is 42.1 Å². The number of hydrogen-bond donors (Lipinski definition) is 2. The third-order valence-corrected chi connectivity index (χ3v) is 4.91. The van der Waals surface area contributed by atoms with Crippen molar-refractivity contribution in [3.05, 3.63) is 72.4 Å². The molecule has 4 heterocycles. The summed E-state index contributed by atoms with van der Waals surface area (Å²) in [5.74, 6) is -0.498. The minimum absolute atomic E-state index is 0.115. The van der Waals surface area contributed by atoms with Crippen molar-refractivity contribution < 1.29 is 18.0 Å². The molecule has 12 heteroatoms. The van der Waals surface area contributed by atoms with E-state index in [1.165, 1.54) is 23.6 Å². The van der Waals surface area contributed by atoms with E-state index in [0.717, 1.165) is 6.20 Å². The number of carbonyl (C=O) groups excluding carboxylic acids is 1. The van der Waals surface area contributed by atoms with E-state index in [0.29, 0.717) is 27.8 Å². The Labute approximate surface area is 184 Å². The Morgan fingerprint density at radius 2 is 1.91 bits per heavy atom. The van der Waals surface area contributed by atoms with Crippen molar-refractivity contribution >= 4 is 34.4 Å². The summed E-state index contributed by atoms with van der Waals surface area (Å²) in [7, 11) is 0. The van der Waals surface area contributed by atoms with Crippen LogP contribution in [0.1, 0.15) is 16.1 Å². The van der Waals surface area contributed by atoms with Gasteiger partial charge in [-0.2, -0.15) is 28.5 Å². The van der Waals surface area contributed by atoms with Crippen LogP contribution in [0.15, 0.2) is 66.3 Å². The van der Waals surface area contributed by atoms with E-state index in [2.05, 4.69) is 30.9 Å². The van der Waals surface area contributed by atoms with Crippen LogP contribution in [0.3, 0.4) is 0 Å². The van der Waals surface area contributed by atoms with Crippen LogP contribution < -0.4 is 15.9 Å². The normalized spacial score (nSPS) is 13.6. The van der Waals surface area contributed by atoms with E-state index in [9.17, 15) is 18.0 Å². The van der Waals surface area contributed by atoms with E-state index in [-0.39, 0.29) is 11.4 Å². The first kappa shape index (κ1) is 20.6. The van der Waals surface area contributed by atoms with Crippen LogP contribution >= 0.6 is 0 Å². The Morgan fingerprint density at radius 1 is 1.06 bits per heavy atom. The molecule has 0 spiro atoms. The van der Waals surface area contributed by atoms with E-state index in [1.54, 1.807) is 42.7 Å². The third-order valence-electron chi connectivity index (χ3n) is 4.91. The number of pyridine rings is 2. The number of aromatic nitrogens is 4. The van der Waals surface area contributed by atoms with Crippen molar-refractivity contribution in [1.29, 1.82) is 0 Å². The van der Waals surface area contributed by atoms with Gasteiger partial charge >= 0.3 is 6.18 Å². The van der Waals surface area contributed by atoms with Gasteiger partial charge in [-0.15, -0.1) is 0 Å². The highest BCUT2D eigenvalue weighted by Crippen LogP contribution is 2.35. The number of hydrogen-bond acceptors (Lipinski definition) is 7. The average Bonchev–Trinajstić information content (AvgIpc) is 3.49. The molecule has 0 unspecified atom stereocenters. The molecule has 0 saturated heterocycles. The Bertz CT molecular complexity index is 1360. The number of hydrazone groups is 1. The first-order chi connectivity index (χ1) is 15.9. The van der Waals surface area contributed by atoms with Crippen molar-refractivity contribution in [3.8, 4) is 5.69 Å². The molecule has 1 aliphatic heterocycles. The van der Waals surface area contributed by atoms with Gasteiger partial charge in [0, 0.05) is 23.2 Å². The highest BCUT2D eigenvalue weighted by molar-refractivity contribution is 6.05. The summed E-state index contributed by atoms with van der Waals surface area (Å²) in [4.78, 5) is 20.9. The Morgan fingerprint density at radius 3 is 2.64 bits per heavy atom. The molecule has 0 radical (unpaired) electrons. The Balaban J connectivity index is 1.49. The zero-order valence-electron chi connectivity index (χ0n) is 16.8. The molecule has 1 amide bonds. The van der Waals surface area contributed by atoms with Gasteiger partial charge < -0.3 is 5.32 Å². The number of carbonyl (C=O) groups is 1. The number of anilines is 2. The molecular weight excluding hydrogens is 437 g/mol. The van der Waals surface area contributed by atoms with Crippen LogP contribution in [0.4, 0.5) is 24.7 Å². The minimum Gasteiger partial charge on any atom is -0.320 e. The first-order valence-electron chi connectivity index (χ1n) is 9.73. The number of benzene rings is 1. The van der Waals surface area contributed by atoms with E-state index < -0.39 is 23.3 Å². The van der Waals surface area contributed by atoms with Gasteiger partial charge in [0.25, 0.3) is 5.91 Å². The Hall–Kier alpha value is -4.32. The molecule has 33 heavy (non-hydrogen) atoms. The minimum atomic E-state index is -4.85. The smallest absolute Gasteiger partial charge is 0.320 e. The maximum absolute atomic E-state index is 14.1. The second-order valence-electron chi connectivity index (χ2n) is 7.03. The summed E-state index contributed by atoms with van der Waals surface area (Å²) in [6.45, 7) is 0.552. The van der Waals surface area contributed by atoms with Gasteiger partial charge in [-0.1, -0.05) is 24.3 Å². The molecule has 166 valence electrons. The number of halogens is 3. The molecule has 0 fully saturated rings. The van der Waals surface area contributed by atoms with E-state index >= 15 is 0 Å². The number of fused-ring (bicyclic) bond motifs is 1. The standard InChI is InChI=1S/C21H15F3N8O/c22-21(23,24)19-16(11-29-31(19)17-12-25-9-13-3-1-2-4-15(13)17)20(33)30-14-5-6-18(26-10-14)32-27-7-8-28-32/h1-7,9-12,28H,8H2,(H,30,33). The van der Waals surface area contributed by atoms with Crippen LogP contribution in [-0.2, 0) is 6.18 Å². The first-order valence-corrected chi connectivity index (χ1v) is 9.73. The number of rotatable bonds is 4. The highest BCUT2D eigenvalue weighted by atomic mass is 19.4. The fraction of sp³-hybridized carbons (Fsp3) is 0.0952. The molecule has 0 saturated carbocycles. The van der Waals surface area contributed by atoms with Crippen LogP contribution in [0.5, 0.6) is 0 Å². The van der Waals surface area contributed by atoms with Crippen molar-refractivity contribution in [3.63, 3.8) is 0 Å². The zero-order chi connectivity index (χ0) is 23.0. The van der Waals surface area contributed by atoms with Gasteiger partial charge in [0.2, 0.25) is 0 Å². The lowest BCUT2D eigenvalue weighted by molar-refractivity contribution is -0.143. The maximum atomic E-state index is 14.1. The fourth-order valence-corrected chi connectivity index (χ4v) is 3.45. The molecule has 4 aromatic rings. The largest absolute Gasteiger partial charge is 0.434 e. The van der Waals surface area contributed by atoms with Crippen LogP contribution in [0.2, 0.25) is 0 Å². The van der Waals surface area contributed by atoms with E-state index in [4.69, 9.17) is 0 Å². The summed E-state index contributed by atoms with van der Waals surface area (Å²) >= 11 is 0. The summed E-state index contributed by atoms with van der Waals surface area (Å²) in [6, 6.07) is 9.95. The number of amides is 1. The maximum Gasteiger partial charge on any atom is 0.434 e. The molecule has 9 nitrogen and oxygen atoms in total. The molecule has 1 aromatic carbocycles. The number of alkyl halides is 3. The van der Waals surface area contributed by atoms with Crippen LogP contribution in [0, 0.1) is 0 Å². The van der Waals surface area contributed by atoms with Gasteiger partial charge in [0.15, 0.2) is 11.5 Å². The lowest BCUT2D eigenvalue weighted by Gasteiger charge is -2.15. The summed E-state index contributed by atoms with van der Waals surface area (Å²) in [5, 5.41) is 13.0. The monoisotopic (exact) mass is 452 g/mol. The van der Waals surface area contributed by atoms with Gasteiger partial charge in [-0.05, 0) is 12.1 Å². The van der Waals surface area contributed by atoms with Crippen molar-refractivity contribution in [1.82, 2.24) is 25.2 Å². The lowest BCUT2D eigenvalue weighted by atomic mass is 10.1. The molecule has 0 bridgehead atoms. The van der Waals surface area contributed by atoms with Crippen molar-refractivity contribution in [2.24, 2.45) is 5.10 Å². The average molecular weight is 452 g/mol. The summed E-state index contributed by atoms with van der Waals surface area (Å²) in [5.41, 5.74) is 1.45. The van der Waals surface area contributed by atoms with Gasteiger partial charge in [-0.3, -0.25) is 9.78 Å². The van der Waals surface area contributed by atoms with Crippen molar-refractivity contribution in [2.45, 2.75) is 6.18 Å². The van der Waals surface area contributed by atoms with Crippen molar-refractivity contribution in [2.75, 3.05) is 17.0 Å². The fourth-order valence-electron chi connectivity index (χ4n) is 3.45. The number of nitrogens with one attached hydrogen (secondary N) is 2. The summed E-state index contributed by atoms with van der Waals surface area (Å²) in [6.07, 6.45) is 1.85. The van der Waals surface area contributed by atoms with E-state index in [1.807, 2.05) is 0 Å². The molecule has 5 rings (SSSR count). The summed E-state index contributed by atoms with van der Waals surface area (Å²) < 4.78 is 42.9. The molecule has 1 aliphatic rings.